The first-order chi connectivity index (χ1) is 13.0. The number of nitrogens with zero attached hydrogens (tertiary/aromatic N) is 2. The Balaban J connectivity index is 1.52. The molecule has 8 heteroatoms. The average Bonchev–Trinajstić information content (AvgIpc) is 2.70. The van der Waals surface area contributed by atoms with E-state index >= 15 is 0 Å². The Hall–Kier alpha value is -2.47. The second kappa shape index (κ2) is 8.48. The van der Waals surface area contributed by atoms with Crippen LogP contribution < -0.4 is 9.64 Å². The molecule has 0 saturated carbocycles. The Kier molecular flexibility index (Phi) is 6.06. The molecular formula is C19H21FN3O3S+. The number of piperazine rings is 1. The van der Waals surface area contributed by atoms with E-state index in [1.54, 1.807) is 24.3 Å². The second-order valence-electron chi connectivity index (χ2n) is 6.31. The zero-order chi connectivity index (χ0) is 19.3. The number of nitrogens with one attached hydrogen (secondary N) is 1. The van der Waals surface area contributed by atoms with E-state index in [9.17, 15) is 12.8 Å². The third kappa shape index (κ3) is 4.63. The van der Waals surface area contributed by atoms with Crippen LogP contribution in [0, 0.1) is 17.1 Å². The van der Waals surface area contributed by atoms with Crippen LogP contribution >= 0.6 is 0 Å². The van der Waals surface area contributed by atoms with Gasteiger partial charge in [-0.2, -0.15) is 9.57 Å². The van der Waals surface area contributed by atoms with Gasteiger partial charge in [0.2, 0.25) is 10.0 Å². The van der Waals surface area contributed by atoms with Crippen molar-refractivity contribution in [3.63, 3.8) is 0 Å². The predicted molar refractivity (Wildman–Crippen MR) is 97.4 cm³/mol. The zero-order valence-corrected chi connectivity index (χ0v) is 15.6. The van der Waals surface area contributed by atoms with Crippen LogP contribution in [0.3, 0.4) is 0 Å². The summed E-state index contributed by atoms with van der Waals surface area (Å²) in [5.41, 5.74) is 0.167. The van der Waals surface area contributed by atoms with Crippen molar-refractivity contribution in [1.82, 2.24) is 4.31 Å². The summed E-state index contributed by atoms with van der Waals surface area (Å²) in [6.07, 6.45) is 0. The van der Waals surface area contributed by atoms with Gasteiger partial charge in [0.25, 0.3) is 0 Å². The molecule has 142 valence electrons. The van der Waals surface area contributed by atoms with Crippen LogP contribution in [0.5, 0.6) is 5.75 Å². The number of halogens is 1. The number of hydrogen-bond acceptors (Lipinski definition) is 4. The maximum Gasteiger partial charge on any atom is 0.244 e. The Labute approximate surface area is 158 Å². The topological polar surface area (TPSA) is 74.8 Å². The highest BCUT2D eigenvalue weighted by atomic mass is 32.2. The summed E-state index contributed by atoms with van der Waals surface area (Å²) >= 11 is 0. The number of hydrogen-bond donors (Lipinski definition) is 1. The lowest BCUT2D eigenvalue weighted by Gasteiger charge is -2.31. The van der Waals surface area contributed by atoms with E-state index in [-0.39, 0.29) is 16.3 Å². The van der Waals surface area contributed by atoms with Crippen molar-refractivity contribution in [3.05, 3.63) is 59.9 Å². The Morgan fingerprint density at radius 1 is 1.11 bits per heavy atom. The molecule has 1 heterocycles. The molecule has 3 rings (SSSR count). The van der Waals surface area contributed by atoms with E-state index in [0.717, 1.165) is 6.54 Å². The first kappa shape index (κ1) is 19.3. The zero-order valence-electron chi connectivity index (χ0n) is 14.8. The molecule has 0 amide bonds. The van der Waals surface area contributed by atoms with Crippen LogP contribution in [0.4, 0.5) is 4.39 Å². The van der Waals surface area contributed by atoms with Crippen molar-refractivity contribution < 1.29 is 22.4 Å². The monoisotopic (exact) mass is 390 g/mol. The molecule has 0 aromatic heterocycles. The van der Waals surface area contributed by atoms with Crippen molar-refractivity contribution >= 4 is 10.0 Å². The minimum atomic E-state index is -3.67. The third-order valence-electron chi connectivity index (χ3n) is 4.59. The van der Waals surface area contributed by atoms with Crippen molar-refractivity contribution in [3.8, 4) is 11.8 Å². The average molecular weight is 390 g/mol. The quantitative estimate of drug-likeness (QED) is 0.787. The van der Waals surface area contributed by atoms with Crippen molar-refractivity contribution in [2.45, 2.75) is 4.90 Å². The van der Waals surface area contributed by atoms with Crippen molar-refractivity contribution in [2.24, 2.45) is 0 Å². The molecule has 0 bridgehead atoms. The standard InChI is InChI=1S/C19H20FN3O3S/c20-17-5-7-18(8-6-17)26-14-13-22-9-11-23(12-10-22)27(24,25)19-4-2-1-3-16(19)15-21/h1-8H,9-14H2/p+1. The van der Waals surface area contributed by atoms with Gasteiger partial charge in [-0.15, -0.1) is 0 Å². The molecule has 2 aromatic rings. The normalized spacial score (nSPS) is 16.0. The van der Waals surface area contributed by atoms with Crippen molar-refractivity contribution in [2.75, 3.05) is 39.3 Å². The largest absolute Gasteiger partial charge is 0.488 e. The maximum atomic E-state index is 12.9. The highest BCUT2D eigenvalue weighted by Gasteiger charge is 2.31. The summed E-state index contributed by atoms with van der Waals surface area (Å²) in [4.78, 5) is 1.31. The number of sulfonamides is 1. The smallest absolute Gasteiger partial charge is 0.244 e. The molecule has 27 heavy (non-hydrogen) atoms. The molecule has 0 atom stereocenters. The highest BCUT2D eigenvalue weighted by Crippen LogP contribution is 2.19. The molecule has 1 fully saturated rings. The number of rotatable bonds is 6. The van der Waals surface area contributed by atoms with Gasteiger partial charge in [-0.05, 0) is 36.4 Å². The van der Waals surface area contributed by atoms with Gasteiger partial charge in [0.05, 0.1) is 36.6 Å². The van der Waals surface area contributed by atoms with E-state index < -0.39 is 10.0 Å². The van der Waals surface area contributed by atoms with Crippen molar-refractivity contribution in [1.29, 1.82) is 5.26 Å². The van der Waals surface area contributed by atoms with Gasteiger partial charge in [-0.1, -0.05) is 12.1 Å². The van der Waals surface area contributed by atoms with E-state index in [1.165, 1.54) is 33.5 Å². The SMILES string of the molecule is N#Cc1ccccc1S(=O)(=O)N1CC[NH+](CCOc2ccc(F)cc2)CC1. The minimum absolute atomic E-state index is 0.0654. The number of ether oxygens (including phenoxy) is 1. The molecule has 0 aliphatic carbocycles. The maximum absolute atomic E-state index is 12.9. The molecule has 1 N–H and O–H groups in total. The lowest BCUT2D eigenvalue weighted by atomic mass is 10.2. The molecule has 6 nitrogen and oxygen atoms in total. The summed E-state index contributed by atoms with van der Waals surface area (Å²) in [5.74, 6) is 0.313. The molecule has 2 aromatic carbocycles. The Morgan fingerprint density at radius 2 is 1.78 bits per heavy atom. The van der Waals surface area contributed by atoms with Crippen LogP contribution in [-0.4, -0.2) is 52.1 Å². The van der Waals surface area contributed by atoms with E-state index in [4.69, 9.17) is 10.00 Å². The lowest BCUT2D eigenvalue weighted by molar-refractivity contribution is -0.903. The number of nitriles is 1. The van der Waals surface area contributed by atoms with Crippen LogP contribution in [0.1, 0.15) is 5.56 Å². The van der Waals surface area contributed by atoms with Gasteiger partial charge in [-0.3, -0.25) is 0 Å². The number of quaternary nitrogens is 1. The molecule has 0 unspecified atom stereocenters. The van der Waals surface area contributed by atoms with Crippen LogP contribution in [-0.2, 0) is 10.0 Å². The first-order valence-corrected chi connectivity index (χ1v) is 10.2. The summed E-state index contributed by atoms with van der Waals surface area (Å²) in [6, 6.07) is 14.1. The molecule has 1 saturated heterocycles. The number of benzene rings is 2. The van der Waals surface area contributed by atoms with Gasteiger partial charge in [0.1, 0.15) is 30.8 Å². The van der Waals surface area contributed by atoms with Gasteiger partial charge in [0.15, 0.2) is 0 Å². The first-order valence-electron chi connectivity index (χ1n) is 8.72. The minimum Gasteiger partial charge on any atom is -0.488 e. The van der Waals surface area contributed by atoms with E-state index in [0.29, 0.717) is 38.5 Å². The van der Waals surface area contributed by atoms with Gasteiger partial charge < -0.3 is 9.64 Å². The fraction of sp³-hybridized carbons (Fsp3) is 0.316. The summed E-state index contributed by atoms with van der Waals surface area (Å²) < 4.78 is 45.5. The van der Waals surface area contributed by atoms with E-state index in [1.807, 2.05) is 6.07 Å². The van der Waals surface area contributed by atoms with Crippen LogP contribution in [0.25, 0.3) is 0 Å². The molecule has 0 spiro atoms. The van der Waals surface area contributed by atoms with Gasteiger partial charge in [0, 0.05) is 0 Å². The van der Waals surface area contributed by atoms with Gasteiger partial charge in [-0.25, -0.2) is 12.8 Å². The molecule has 0 radical (unpaired) electrons. The summed E-state index contributed by atoms with van der Waals surface area (Å²) in [7, 11) is -3.67. The van der Waals surface area contributed by atoms with Crippen LogP contribution in [0.15, 0.2) is 53.4 Å². The fourth-order valence-corrected chi connectivity index (χ4v) is 4.64. The fourth-order valence-electron chi connectivity index (χ4n) is 3.06. The predicted octanol–water partition coefficient (Wildman–Crippen LogP) is 0.666. The third-order valence-corrected chi connectivity index (χ3v) is 6.55. The Morgan fingerprint density at radius 3 is 2.44 bits per heavy atom. The Bertz CT molecular complexity index is 918. The van der Waals surface area contributed by atoms with E-state index in [2.05, 4.69) is 0 Å². The summed E-state index contributed by atoms with van der Waals surface area (Å²) in [5, 5.41) is 9.16. The van der Waals surface area contributed by atoms with Crippen LogP contribution in [0.2, 0.25) is 0 Å². The highest BCUT2D eigenvalue weighted by molar-refractivity contribution is 7.89. The lowest BCUT2D eigenvalue weighted by Crippen LogP contribution is -3.15. The second-order valence-corrected chi connectivity index (χ2v) is 8.22. The van der Waals surface area contributed by atoms with Gasteiger partial charge >= 0.3 is 0 Å². The molecular weight excluding hydrogens is 369 g/mol. The molecule has 1 aliphatic rings. The summed E-state index contributed by atoms with van der Waals surface area (Å²) in [6.45, 7) is 3.34. The molecule has 1 aliphatic heterocycles.